The summed E-state index contributed by atoms with van der Waals surface area (Å²) < 4.78 is 3.39. The maximum absolute atomic E-state index is 4.54. The van der Waals surface area contributed by atoms with Crippen molar-refractivity contribution in [1.82, 2.24) is 9.78 Å². The van der Waals surface area contributed by atoms with E-state index in [1.54, 1.807) is 6.42 Å². The van der Waals surface area contributed by atoms with Gasteiger partial charge in [-0.2, -0.15) is 5.10 Å². The quantitative estimate of drug-likeness (QED) is 0.806. The first kappa shape index (κ1) is 11.5. The molecule has 1 aromatic heterocycles. The molecule has 0 N–H and O–H groups in total. The van der Waals surface area contributed by atoms with E-state index in [9.17, 15) is 0 Å². The van der Waals surface area contributed by atoms with Crippen molar-refractivity contribution >= 4 is 15.9 Å². The van der Waals surface area contributed by atoms with Gasteiger partial charge >= 0.3 is 0 Å². The first-order valence-corrected chi connectivity index (χ1v) is 8.18. The fourth-order valence-electron chi connectivity index (χ4n) is 5.14. The second kappa shape index (κ2) is 4.09. The molecule has 0 atom stereocenters. The van der Waals surface area contributed by atoms with Crippen LogP contribution in [0.5, 0.6) is 0 Å². The molecule has 4 fully saturated rings. The molecule has 1 heterocycles. The third-order valence-corrected chi connectivity index (χ3v) is 6.63. The van der Waals surface area contributed by atoms with Crippen LogP contribution in [0.3, 0.4) is 0 Å². The largest absolute Gasteiger partial charge is 0.268 e. The zero-order chi connectivity index (χ0) is 12.3. The summed E-state index contributed by atoms with van der Waals surface area (Å²) in [5, 5.41) is 4.54. The summed E-state index contributed by atoms with van der Waals surface area (Å²) in [5.41, 5.74) is 1.30. The first-order chi connectivity index (χ1) is 8.70. The average molecular weight is 309 g/mol. The van der Waals surface area contributed by atoms with Gasteiger partial charge in [-0.3, -0.25) is 4.68 Å². The Morgan fingerprint density at radius 2 is 1.78 bits per heavy atom. The van der Waals surface area contributed by atoms with Gasteiger partial charge in [-0.25, -0.2) is 0 Å². The van der Waals surface area contributed by atoms with Gasteiger partial charge in [0.1, 0.15) is 0 Å². The fourth-order valence-corrected chi connectivity index (χ4v) is 5.44. The number of rotatable bonds is 2. The topological polar surface area (TPSA) is 17.8 Å². The van der Waals surface area contributed by atoms with Crippen molar-refractivity contribution in [3.63, 3.8) is 0 Å². The van der Waals surface area contributed by atoms with Gasteiger partial charge in [0.25, 0.3) is 0 Å². The lowest BCUT2D eigenvalue weighted by molar-refractivity contribution is -0.0444. The van der Waals surface area contributed by atoms with Crippen LogP contribution in [0.4, 0.5) is 0 Å². The third kappa shape index (κ3) is 1.70. The number of halogens is 1. The van der Waals surface area contributed by atoms with Crippen LogP contribution < -0.4 is 0 Å². The predicted octanol–water partition coefficient (Wildman–Crippen LogP) is 4.03. The number of hydrogen-bond donors (Lipinski definition) is 0. The van der Waals surface area contributed by atoms with Crippen LogP contribution in [0.25, 0.3) is 0 Å². The maximum Gasteiger partial charge on any atom is 0.0635 e. The van der Waals surface area contributed by atoms with Crippen molar-refractivity contribution in [3.8, 4) is 0 Å². The molecule has 0 unspecified atom stereocenters. The van der Waals surface area contributed by atoms with Crippen molar-refractivity contribution in [2.24, 2.45) is 29.6 Å². The summed E-state index contributed by atoms with van der Waals surface area (Å²) in [5.74, 6) is 5.07. The van der Waals surface area contributed by atoms with E-state index >= 15 is 0 Å². The van der Waals surface area contributed by atoms with Gasteiger partial charge in [-0.1, -0.05) is 0 Å². The molecule has 18 heavy (non-hydrogen) atoms. The molecule has 0 spiro atoms. The van der Waals surface area contributed by atoms with Crippen LogP contribution in [0, 0.1) is 36.5 Å². The summed E-state index contributed by atoms with van der Waals surface area (Å²) in [6.07, 6.45) is 9.55. The summed E-state index contributed by atoms with van der Waals surface area (Å²) in [6, 6.07) is 0. The highest BCUT2D eigenvalue weighted by atomic mass is 79.9. The number of nitrogens with zero attached hydrogens (tertiary/aromatic N) is 2. The van der Waals surface area contributed by atoms with Gasteiger partial charge in [-0.15, -0.1) is 0 Å². The van der Waals surface area contributed by atoms with Crippen molar-refractivity contribution in [1.29, 1.82) is 0 Å². The van der Waals surface area contributed by atoms with Crippen LogP contribution in [0.1, 0.15) is 37.8 Å². The molecule has 2 nitrogen and oxygen atoms in total. The van der Waals surface area contributed by atoms with E-state index in [0.29, 0.717) is 0 Å². The fraction of sp³-hybridized carbons (Fsp3) is 0.800. The summed E-state index contributed by atoms with van der Waals surface area (Å²) in [4.78, 5) is 0. The number of aromatic nitrogens is 2. The molecule has 98 valence electrons. The van der Waals surface area contributed by atoms with Crippen molar-refractivity contribution in [3.05, 3.63) is 16.4 Å². The second-order valence-electron chi connectivity index (χ2n) is 6.85. The SMILES string of the molecule is Cc1c(Br)cnn1CC1C2CC3CC(C2)CC1C3. The number of hydrogen-bond acceptors (Lipinski definition) is 1. The summed E-state index contributed by atoms with van der Waals surface area (Å²) >= 11 is 3.58. The molecular formula is C15H21BrN2. The molecule has 4 aliphatic carbocycles. The van der Waals surface area contributed by atoms with E-state index in [4.69, 9.17) is 0 Å². The summed E-state index contributed by atoms with van der Waals surface area (Å²) in [6.45, 7) is 3.33. The van der Waals surface area contributed by atoms with E-state index in [1.165, 1.54) is 31.4 Å². The van der Waals surface area contributed by atoms with Gasteiger partial charge in [0, 0.05) is 12.2 Å². The highest BCUT2D eigenvalue weighted by Crippen LogP contribution is 2.56. The van der Waals surface area contributed by atoms with Crippen molar-refractivity contribution in [2.75, 3.05) is 0 Å². The Morgan fingerprint density at radius 1 is 1.17 bits per heavy atom. The predicted molar refractivity (Wildman–Crippen MR) is 75.2 cm³/mol. The highest BCUT2D eigenvalue weighted by molar-refractivity contribution is 9.10. The Hall–Kier alpha value is -0.310. The molecule has 0 aromatic carbocycles. The van der Waals surface area contributed by atoms with Gasteiger partial charge < -0.3 is 0 Å². The van der Waals surface area contributed by atoms with E-state index in [2.05, 4.69) is 32.6 Å². The Bertz CT molecular complexity index is 437. The molecule has 4 bridgehead atoms. The molecule has 5 rings (SSSR count). The molecule has 0 amide bonds. The average Bonchev–Trinajstić information content (AvgIpc) is 2.64. The van der Waals surface area contributed by atoms with Gasteiger partial charge in [0.05, 0.1) is 10.7 Å². The lowest BCUT2D eigenvalue weighted by Gasteiger charge is -2.54. The molecule has 0 radical (unpaired) electrons. The second-order valence-corrected chi connectivity index (χ2v) is 7.71. The molecule has 4 aliphatic rings. The smallest absolute Gasteiger partial charge is 0.0635 e. The molecule has 4 saturated carbocycles. The zero-order valence-electron chi connectivity index (χ0n) is 11.0. The normalized spacial score (nSPS) is 41.6. The highest BCUT2D eigenvalue weighted by Gasteiger charge is 2.48. The van der Waals surface area contributed by atoms with Gasteiger partial charge in [-0.05, 0) is 84.5 Å². The van der Waals surface area contributed by atoms with Crippen LogP contribution in [0.2, 0.25) is 0 Å². The van der Waals surface area contributed by atoms with E-state index in [0.717, 1.165) is 40.6 Å². The molecule has 1 aromatic rings. The lowest BCUT2D eigenvalue weighted by atomic mass is 9.52. The van der Waals surface area contributed by atoms with E-state index in [1.807, 2.05) is 6.20 Å². The minimum Gasteiger partial charge on any atom is -0.268 e. The molecule has 0 aliphatic heterocycles. The zero-order valence-corrected chi connectivity index (χ0v) is 12.6. The van der Waals surface area contributed by atoms with Crippen LogP contribution in [0.15, 0.2) is 10.7 Å². The minimum atomic E-state index is 0.906. The van der Waals surface area contributed by atoms with Crippen LogP contribution >= 0.6 is 15.9 Å². The van der Waals surface area contributed by atoms with Crippen LogP contribution in [-0.2, 0) is 6.54 Å². The Labute approximate surface area is 117 Å². The standard InChI is InChI=1S/C15H21BrN2/c1-9-15(16)7-17-18(9)8-14-12-3-10-2-11(5-12)6-13(14)4-10/h7,10-14H,2-6,8H2,1H3. The van der Waals surface area contributed by atoms with E-state index < -0.39 is 0 Å². The third-order valence-electron chi connectivity index (χ3n) is 5.85. The van der Waals surface area contributed by atoms with Gasteiger partial charge in [0.2, 0.25) is 0 Å². The van der Waals surface area contributed by atoms with Gasteiger partial charge in [0.15, 0.2) is 0 Å². The first-order valence-electron chi connectivity index (χ1n) is 7.38. The Kier molecular flexibility index (Phi) is 2.62. The minimum absolute atomic E-state index is 0.906. The van der Waals surface area contributed by atoms with E-state index in [-0.39, 0.29) is 0 Å². The molecule has 0 saturated heterocycles. The summed E-state index contributed by atoms with van der Waals surface area (Å²) in [7, 11) is 0. The maximum atomic E-state index is 4.54. The van der Waals surface area contributed by atoms with Crippen molar-refractivity contribution < 1.29 is 0 Å². The Morgan fingerprint density at radius 3 is 2.28 bits per heavy atom. The monoisotopic (exact) mass is 308 g/mol. The van der Waals surface area contributed by atoms with Crippen LogP contribution in [-0.4, -0.2) is 9.78 Å². The molecular weight excluding hydrogens is 288 g/mol. The lowest BCUT2D eigenvalue weighted by Crippen LogP contribution is -2.46. The van der Waals surface area contributed by atoms with Crippen molar-refractivity contribution in [2.45, 2.75) is 45.6 Å². The Balaban J connectivity index is 1.57. The molecule has 3 heteroatoms.